The fourth-order valence-corrected chi connectivity index (χ4v) is 2.80. The Balaban J connectivity index is 1.82. The van der Waals surface area contributed by atoms with Crippen molar-refractivity contribution in [2.75, 3.05) is 19.7 Å². The van der Waals surface area contributed by atoms with E-state index in [1.54, 1.807) is 0 Å². The quantitative estimate of drug-likeness (QED) is 0.593. The molecule has 3 unspecified atom stereocenters. The van der Waals surface area contributed by atoms with E-state index in [0.717, 1.165) is 25.9 Å². The van der Waals surface area contributed by atoms with Crippen LogP contribution in [0.15, 0.2) is 12.7 Å². The number of rotatable bonds is 5. The summed E-state index contributed by atoms with van der Waals surface area (Å²) in [5.74, 6) is 0.133. The molecule has 2 aliphatic heterocycles. The van der Waals surface area contributed by atoms with E-state index in [-0.39, 0.29) is 12.0 Å². The van der Waals surface area contributed by atoms with Crippen LogP contribution in [-0.2, 0) is 9.53 Å². The highest BCUT2D eigenvalue weighted by atomic mass is 16.5. The van der Waals surface area contributed by atoms with E-state index in [1.807, 2.05) is 17.9 Å². The van der Waals surface area contributed by atoms with Crippen LogP contribution < -0.4 is 5.32 Å². The Bertz CT molecular complexity index is 306. The molecule has 2 rings (SSSR count). The summed E-state index contributed by atoms with van der Waals surface area (Å²) >= 11 is 0. The van der Waals surface area contributed by atoms with E-state index >= 15 is 0 Å². The fourth-order valence-electron chi connectivity index (χ4n) is 2.80. The van der Waals surface area contributed by atoms with E-state index in [4.69, 9.17) is 4.74 Å². The van der Waals surface area contributed by atoms with Crippen molar-refractivity contribution in [3.8, 4) is 0 Å². The maximum Gasteiger partial charge on any atom is 0.251 e. The van der Waals surface area contributed by atoms with Crippen molar-refractivity contribution in [3.63, 3.8) is 0 Å². The van der Waals surface area contributed by atoms with Crippen LogP contribution in [0, 0.1) is 0 Å². The summed E-state index contributed by atoms with van der Waals surface area (Å²) in [5, 5.41) is 3.58. The van der Waals surface area contributed by atoms with Gasteiger partial charge in [0.05, 0.1) is 6.61 Å². The number of amides is 1. The molecule has 0 spiro atoms. The molecule has 102 valence electrons. The molecule has 0 aromatic carbocycles. The topological polar surface area (TPSA) is 41.6 Å². The Morgan fingerprint density at radius 2 is 2.28 bits per heavy atom. The minimum absolute atomic E-state index is 0.133. The van der Waals surface area contributed by atoms with Gasteiger partial charge in [0.25, 0.3) is 5.91 Å². The normalized spacial score (nSPS) is 28.8. The molecule has 2 bridgehead atoms. The van der Waals surface area contributed by atoms with Gasteiger partial charge in [-0.3, -0.25) is 4.79 Å². The number of ether oxygens (including phenoxy) is 1. The van der Waals surface area contributed by atoms with Crippen LogP contribution >= 0.6 is 0 Å². The summed E-state index contributed by atoms with van der Waals surface area (Å²) in [5.41, 5.74) is 0. The first-order chi connectivity index (χ1) is 8.70. The lowest BCUT2D eigenvalue weighted by Crippen LogP contribution is -2.44. The lowest BCUT2D eigenvalue weighted by molar-refractivity contribution is -0.142. The highest BCUT2D eigenvalue weighted by Gasteiger charge is 2.32. The van der Waals surface area contributed by atoms with Crippen LogP contribution in [0.4, 0.5) is 0 Å². The fraction of sp³-hybridized carbons (Fsp3) is 0.786. The average Bonchev–Trinajstić information content (AvgIpc) is 2.68. The molecule has 0 aromatic rings. The number of carbonyl (C=O) groups is 1. The van der Waals surface area contributed by atoms with Gasteiger partial charge >= 0.3 is 0 Å². The first-order valence-electron chi connectivity index (χ1n) is 6.98. The third-order valence-electron chi connectivity index (χ3n) is 3.87. The van der Waals surface area contributed by atoms with Crippen LogP contribution in [0.1, 0.15) is 32.6 Å². The van der Waals surface area contributed by atoms with Crippen LogP contribution in [0.3, 0.4) is 0 Å². The molecule has 18 heavy (non-hydrogen) atoms. The molecule has 0 aromatic heterocycles. The molecule has 0 saturated carbocycles. The zero-order valence-corrected chi connectivity index (χ0v) is 11.2. The Kier molecular flexibility index (Phi) is 4.78. The largest absolute Gasteiger partial charge is 0.368 e. The van der Waals surface area contributed by atoms with Crippen molar-refractivity contribution in [1.29, 1.82) is 0 Å². The molecule has 2 aliphatic rings. The lowest BCUT2D eigenvalue weighted by Gasteiger charge is -2.27. The number of fused-ring (bicyclic) bond motifs is 2. The second-order valence-electron chi connectivity index (χ2n) is 5.30. The van der Waals surface area contributed by atoms with E-state index < -0.39 is 0 Å². The molecule has 2 saturated heterocycles. The number of hydrogen-bond acceptors (Lipinski definition) is 3. The third kappa shape index (κ3) is 3.33. The van der Waals surface area contributed by atoms with Crippen molar-refractivity contribution >= 4 is 5.91 Å². The summed E-state index contributed by atoms with van der Waals surface area (Å²) in [6.45, 7) is 7.78. The summed E-state index contributed by atoms with van der Waals surface area (Å²) in [6.07, 6.45) is 5.80. The van der Waals surface area contributed by atoms with Crippen LogP contribution in [-0.4, -0.2) is 48.7 Å². The standard InChI is InChI=1S/C14H24N2O2/c1-3-4-9-18-11(2)14(17)16-8-7-12-5-6-13(10-16)15-12/h3,11-13,15H,1,4-10H2,2H3. The van der Waals surface area contributed by atoms with Crippen molar-refractivity contribution in [2.45, 2.75) is 50.8 Å². The minimum atomic E-state index is -0.332. The maximum absolute atomic E-state index is 12.3. The molecular weight excluding hydrogens is 228 g/mol. The molecule has 1 amide bonds. The van der Waals surface area contributed by atoms with E-state index in [0.29, 0.717) is 18.7 Å². The van der Waals surface area contributed by atoms with Crippen molar-refractivity contribution in [2.24, 2.45) is 0 Å². The molecule has 0 radical (unpaired) electrons. The molecule has 4 heteroatoms. The maximum atomic E-state index is 12.3. The van der Waals surface area contributed by atoms with Crippen LogP contribution in [0.25, 0.3) is 0 Å². The summed E-state index contributed by atoms with van der Waals surface area (Å²) in [7, 11) is 0. The summed E-state index contributed by atoms with van der Waals surface area (Å²) in [6, 6.07) is 1.10. The number of carbonyl (C=O) groups excluding carboxylic acids is 1. The van der Waals surface area contributed by atoms with Gasteiger partial charge in [-0.25, -0.2) is 0 Å². The zero-order valence-electron chi connectivity index (χ0n) is 11.2. The number of nitrogens with one attached hydrogen (secondary N) is 1. The predicted octanol–water partition coefficient (Wildman–Crippen LogP) is 1.32. The van der Waals surface area contributed by atoms with Gasteiger partial charge in [-0.2, -0.15) is 0 Å². The second kappa shape index (κ2) is 6.34. The van der Waals surface area contributed by atoms with E-state index in [9.17, 15) is 4.79 Å². The highest BCUT2D eigenvalue weighted by Crippen LogP contribution is 2.21. The van der Waals surface area contributed by atoms with Gasteiger partial charge in [-0.1, -0.05) is 6.08 Å². The van der Waals surface area contributed by atoms with Crippen LogP contribution in [0.5, 0.6) is 0 Å². The van der Waals surface area contributed by atoms with Gasteiger partial charge in [-0.05, 0) is 32.6 Å². The van der Waals surface area contributed by atoms with Gasteiger partial charge in [0.15, 0.2) is 0 Å². The van der Waals surface area contributed by atoms with Gasteiger partial charge in [0, 0.05) is 25.2 Å². The van der Waals surface area contributed by atoms with Gasteiger partial charge in [-0.15, -0.1) is 6.58 Å². The molecular formula is C14H24N2O2. The summed E-state index contributed by atoms with van der Waals surface area (Å²) in [4.78, 5) is 14.2. The molecule has 2 heterocycles. The number of likely N-dealkylation sites (tertiary alicyclic amines) is 1. The van der Waals surface area contributed by atoms with Gasteiger partial charge in [0.1, 0.15) is 6.10 Å². The molecule has 1 N–H and O–H groups in total. The predicted molar refractivity (Wildman–Crippen MR) is 71.4 cm³/mol. The third-order valence-corrected chi connectivity index (χ3v) is 3.87. The lowest BCUT2D eigenvalue weighted by atomic mass is 10.1. The SMILES string of the molecule is C=CCCOC(C)C(=O)N1CCC2CCC(C1)N2. The minimum Gasteiger partial charge on any atom is -0.368 e. The van der Waals surface area contributed by atoms with Gasteiger partial charge < -0.3 is 15.0 Å². The van der Waals surface area contributed by atoms with E-state index in [1.165, 1.54) is 12.8 Å². The first kappa shape index (κ1) is 13.6. The first-order valence-corrected chi connectivity index (χ1v) is 6.98. The molecule has 4 nitrogen and oxygen atoms in total. The van der Waals surface area contributed by atoms with Crippen molar-refractivity contribution in [3.05, 3.63) is 12.7 Å². The average molecular weight is 252 g/mol. The zero-order chi connectivity index (χ0) is 13.0. The molecule has 0 aliphatic carbocycles. The Labute approximate surface area is 109 Å². The Hall–Kier alpha value is -0.870. The number of nitrogens with zero attached hydrogens (tertiary/aromatic N) is 1. The second-order valence-corrected chi connectivity index (χ2v) is 5.30. The smallest absolute Gasteiger partial charge is 0.251 e. The van der Waals surface area contributed by atoms with Gasteiger partial charge in [0.2, 0.25) is 0 Å². The molecule has 3 atom stereocenters. The van der Waals surface area contributed by atoms with E-state index in [2.05, 4.69) is 11.9 Å². The molecule has 2 fully saturated rings. The Morgan fingerprint density at radius 1 is 1.50 bits per heavy atom. The van der Waals surface area contributed by atoms with Crippen molar-refractivity contribution in [1.82, 2.24) is 10.2 Å². The summed E-state index contributed by atoms with van der Waals surface area (Å²) < 4.78 is 5.54. The van der Waals surface area contributed by atoms with Crippen molar-refractivity contribution < 1.29 is 9.53 Å². The van der Waals surface area contributed by atoms with Crippen LogP contribution in [0.2, 0.25) is 0 Å². The number of hydrogen-bond donors (Lipinski definition) is 1. The highest BCUT2D eigenvalue weighted by molar-refractivity contribution is 5.80. The Morgan fingerprint density at radius 3 is 3.06 bits per heavy atom. The monoisotopic (exact) mass is 252 g/mol.